The number of hydrogen-bond acceptors (Lipinski definition) is 5. The van der Waals surface area contributed by atoms with Crippen LogP contribution in [0.5, 0.6) is 0 Å². The molecule has 3 aromatic rings. The van der Waals surface area contributed by atoms with Crippen molar-refractivity contribution >= 4 is 23.1 Å². The second kappa shape index (κ2) is 9.08. The van der Waals surface area contributed by atoms with E-state index in [9.17, 15) is 9.59 Å². The number of pyridine rings is 1. The van der Waals surface area contributed by atoms with Crippen molar-refractivity contribution in [1.82, 2.24) is 14.8 Å². The van der Waals surface area contributed by atoms with Crippen molar-refractivity contribution < 1.29 is 9.59 Å². The first-order valence-electron chi connectivity index (χ1n) is 11.3. The van der Waals surface area contributed by atoms with E-state index < -0.39 is 0 Å². The summed E-state index contributed by atoms with van der Waals surface area (Å²) in [6.07, 6.45) is 0.731. The Balaban J connectivity index is 1.21. The van der Waals surface area contributed by atoms with E-state index in [0.717, 1.165) is 29.1 Å². The van der Waals surface area contributed by atoms with Gasteiger partial charge in [-0.25, -0.2) is 4.98 Å². The van der Waals surface area contributed by atoms with Crippen LogP contribution in [0.2, 0.25) is 0 Å². The highest BCUT2D eigenvalue weighted by Gasteiger charge is 2.25. The van der Waals surface area contributed by atoms with E-state index in [2.05, 4.69) is 35.0 Å². The molecule has 0 saturated carbocycles. The molecule has 0 spiro atoms. The van der Waals surface area contributed by atoms with Gasteiger partial charge in [-0.05, 0) is 36.2 Å². The summed E-state index contributed by atoms with van der Waals surface area (Å²) in [7, 11) is 0. The Kier molecular flexibility index (Phi) is 5.84. The number of benzene rings is 2. The number of fused-ring (bicyclic) bond motifs is 1. The number of carbonyl (C=O) groups excluding carboxylic acids is 2. The molecule has 0 unspecified atom stereocenters. The fourth-order valence-electron chi connectivity index (χ4n) is 4.34. The van der Waals surface area contributed by atoms with Crippen LogP contribution >= 0.6 is 0 Å². The molecule has 1 aromatic heterocycles. The Morgan fingerprint density at radius 3 is 2.48 bits per heavy atom. The molecule has 2 aliphatic heterocycles. The number of aliphatic imine (C=N–C) groups is 1. The van der Waals surface area contributed by atoms with E-state index >= 15 is 0 Å². The third-order valence-corrected chi connectivity index (χ3v) is 6.24. The van der Waals surface area contributed by atoms with Crippen molar-refractivity contribution in [2.75, 3.05) is 32.7 Å². The zero-order chi connectivity index (χ0) is 22.8. The van der Waals surface area contributed by atoms with Crippen molar-refractivity contribution in [3.8, 4) is 0 Å². The predicted octanol–water partition coefficient (Wildman–Crippen LogP) is 3.71. The number of piperazine rings is 1. The fraction of sp³-hybridized carbons (Fsp3) is 0.259. The first-order valence-corrected chi connectivity index (χ1v) is 11.3. The standard InChI is InChI=1S/C27H26N4O2/c1-19-10-11-21-17-25(29-24(21)16-19)22-8-5-9-23(28-22)27(33)31-14-12-30(13-15-31)18-26(32)20-6-3-2-4-7-20/h2-11,16H,12-15,17-18H2,1H3. The van der Waals surface area contributed by atoms with Gasteiger partial charge in [0.25, 0.3) is 5.91 Å². The minimum absolute atomic E-state index is 0.0714. The van der Waals surface area contributed by atoms with Gasteiger partial charge in [0.15, 0.2) is 5.78 Å². The molecular formula is C27H26N4O2. The molecule has 0 atom stereocenters. The molecule has 3 heterocycles. The Hall–Kier alpha value is -3.64. The molecule has 0 aliphatic carbocycles. The van der Waals surface area contributed by atoms with Gasteiger partial charge in [0, 0.05) is 38.2 Å². The summed E-state index contributed by atoms with van der Waals surface area (Å²) in [6.45, 7) is 4.94. The normalized spacial score (nSPS) is 15.8. The number of rotatable bonds is 5. The quantitative estimate of drug-likeness (QED) is 0.570. The van der Waals surface area contributed by atoms with Gasteiger partial charge >= 0.3 is 0 Å². The fourth-order valence-corrected chi connectivity index (χ4v) is 4.34. The van der Waals surface area contributed by atoms with Crippen LogP contribution in [0.4, 0.5) is 5.69 Å². The maximum absolute atomic E-state index is 13.1. The van der Waals surface area contributed by atoms with Crippen molar-refractivity contribution in [3.05, 3.63) is 94.8 Å². The molecule has 33 heavy (non-hydrogen) atoms. The summed E-state index contributed by atoms with van der Waals surface area (Å²) in [5, 5.41) is 0. The molecule has 166 valence electrons. The number of aromatic nitrogens is 1. The number of ketones is 1. The maximum atomic E-state index is 13.1. The SMILES string of the molecule is Cc1ccc2c(c1)N=C(c1cccc(C(=O)N3CCN(CC(=O)c4ccccc4)CC3)n1)C2. The van der Waals surface area contributed by atoms with Crippen molar-refractivity contribution in [1.29, 1.82) is 0 Å². The number of Topliss-reactive ketones (excluding diaryl/α,β-unsaturated/α-hetero) is 1. The summed E-state index contributed by atoms with van der Waals surface area (Å²) in [5.74, 6) is 0.0381. The summed E-state index contributed by atoms with van der Waals surface area (Å²) >= 11 is 0. The minimum Gasteiger partial charge on any atom is -0.335 e. The van der Waals surface area contributed by atoms with Crippen LogP contribution in [0.25, 0.3) is 0 Å². The van der Waals surface area contributed by atoms with Gasteiger partial charge in [-0.1, -0.05) is 48.5 Å². The average Bonchev–Trinajstić information content (AvgIpc) is 3.28. The molecule has 5 rings (SSSR count). The van der Waals surface area contributed by atoms with E-state index in [1.807, 2.05) is 47.4 Å². The summed E-state index contributed by atoms with van der Waals surface area (Å²) in [4.78, 5) is 38.9. The highest BCUT2D eigenvalue weighted by Crippen LogP contribution is 2.29. The van der Waals surface area contributed by atoms with Crippen LogP contribution < -0.4 is 0 Å². The third-order valence-electron chi connectivity index (χ3n) is 6.24. The van der Waals surface area contributed by atoms with Gasteiger partial charge in [-0.15, -0.1) is 0 Å². The minimum atomic E-state index is -0.0714. The van der Waals surface area contributed by atoms with Gasteiger partial charge in [0.1, 0.15) is 5.69 Å². The molecule has 1 fully saturated rings. The Morgan fingerprint density at radius 1 is 0.909 bits per heavy atom. The first kappa shape index (κ1) is 21.2. The zero-order valence-electron chi connectivity index (χ0n) is 18.7. The van der Waals surface area contributed by atoms with Crippen LogP contribution in [0.1, 0.15) is 37.7 Å². The number of amides is 1. The largest absolute Gasteiger partial charge is 0.335 e. The first-order chi connectivity index (χ1) is 16.1. The molecule has 1 saturated heterocycles. The van der Waals surface area contributed by atoms with Crippen molar-refractivity contribution in [2.45, 2.75) is 13.3 Å². The number of hydrogen-bond donors (Lipinski definition) is 0. The summed E-state index contributed by atoms with van der Waals surface area (Å²) < 4.78 is 0. The van der Waals surface area contributed by atoms with Gasteiger partial charge in [0.2, 0.25) is 0 Å². The van der Waals surface area contributed by atoms with E-state index in [1.165, 1.54) is 11.1 Å². The smallest absolute Gasteiger partial charge is 0.272 e. The van der Waals surface area contributed by atoms with Crippen LogP contribution in [-0.4, -0.2) is 64.9 Å². The van der Waals surface area contributed by atoms with Gasteiger partial charge in [0.05, 0.1) is 23.6 Å². The highest BCUT2D eigenvalue weighted by molar-refractivity contribution is 6.06. The predicted molar refractivity (Wildman–Crippen MR) is 128 cm³/mol. The second-order valence-electron chi connectivity index (χ2n) is 8.63. The van der Waals surface area contributed by atoms with Crippen LogP contribution in [0.15, 0.2) is 71.7 Å². The number of carbonyl (C=O) groups is 2. The molecule has 6 nitrogen and oxygen atoms in total. The number of aryl methyl sites for hydroxylation is 1. The maximum Gasteiger partial charge on any atom is 0.272 e. The molecule has 2 aliphatic rings. The summed E-state index contributed by atoms with van der Waals surface area (Å²) in [5.41, 5.74) is 6.18. The van der Waals surface area contributed by atoms with Gasteiger partial charge < -0.3 is 4.90 Å². The average molecular weight is 439 g/mol. The molecule has 0 bridgehead atoms. The van der Waals surface area contributed by atoms with Crippen molar-refractivity contribution in [2.24, 2.45) is 4.99 Å². The van der Waals surface area contributed by atoms with E-state index in [0.29, 0.717) is 38.4 Å². The monoisotopic (exact) mass is 438 g/mol. The second-order valence-corrected chi connectivity index (χ2v) is 8.63. The molecule has 2 aromatic carbocycles. The molecule has 6 heteroatoms. The van der Waals surface area contributed by atoms with Gasteiger partial charge in [-0.3, -0.25) is 19.5 Å². The Morgan fingerprint density at radius 2 is 1.70 bits per heavy atom. The highest BCUT2D eigenvalue weighted by atomic mass is 16.2. The van der Waals surface area contributed by atoms with Crippen molar-refractivity contribution in [3.63, 3.8) is 0 Å². The van der Waals surface area contributed by atoms with Gasteiger partial charge in [-0.2, -0.15) is 0 Å². The lowest BCUT2D eigenvalue weighted by molar-refractivity contribution is 0.0619. The van der Waals surface area contributed by atoms with Crippen LogP contribution in [0, 0.1) is 6.92 Å². The molecule has 0 N–H and O–H groups in total. The topological polar surface area (TPSA) is 65.9 Å². The Bertz CT molecular complexity index is 1230. The van der Waals surface area contributed by atoms with E-state index in [4.69, 9.17) is 4.99 Å². The summed E-state index contributed by atoms with van der Waals surface area (Å²) in [6, 6.07) is 21.2. The third kappa shape index (κ3) is 4.61. The number of nitrogens with zero attached hydrogens (tertiary/aromatic N) is 4. The zero-order valence-corrected chi connectivity index (χ0v) is 18.7. The lowest BCUT2D eigenvalue weighted by atomic mass is 10.1. The van der Waals surface area contributed by atoms with E-state index in [-0.39, 0.29) is 11.7 Å². The van der Waals surface area contributed by atoms with Crippen LogP contribution in [0.3, 0.4) is 0 Å². The molecule has 1 amide bonds. The molecular weight excluding hydrogens is 412 g/mol. The lowest BCUT2D eigenvalue weighted by Gasteiger charge is -2.34. The molecule has 0 radical (unpaired) electrons. The Labute approximate surface area is 193 Å². The lowest BCUT2D eigenvalue weighted by Crippen LogP contribution is -2.50. The van der Waals surface area contributed by atoms with Crippen LogP contribution in [-0.2, 0) is 6.42 Å². The van der Waals surface area contributed by atoms with E-state index in [1.54, 1.807) is 6.07 Å².